The molecule has 0 bridgehead atoms. The Kier molecular flexibility index (Phi) is 9.17. The Hall–Kier alpha value is -8.92. The molecule has 314 valence electrons. The van der Waals surface area contributed by atoms with Gasteiger partial charge >= 0.3 is 0 Å². The van der Waals surface area contributed by atoms with E-state index >= 15 is 0 Å². The van der Waals surface area contributed by atoms with Gasteiger partial charge in [-0.25, -0.2) is 0 Å². The van der Waals surface area contributed by atoms with Crippen molar-refractivity contribution in [1.29, 1.82) is 0 Å². The van der Waals surface area contributed by atoms with Gasteiger partial charge in [-0.3, -0.25) is 0 Å². The fourth-order valence-corrected chi connectivity index (χ4v) is 10.2. The summed E-state index contributed by atoms with van der Waals surface area (Å²) in [4.78, 5) is 2.39. The molecule has 0 spiro atoms. The van der Waals surface area contributed by atoms with Crippen LogP contribution in [0, 0.1) is 0 Å². The van der Waals surface area contributed by atoms with E-state index in [2.05, 4.69) is 264 Å². The van der Waals surface area contributed by atoms with Crippen LogP contribution in [0.1, 0.15) is 0 Å². The summed E-state index contributed by atoms with van der Waals surface area (Å²) < 4.78 is 8.98. The minimum Gasteiger partial charge on any atom is -0.455 e. The number of aromatic nitrogens is 1. The van der Waals surface area contributed by atoms with Gasteiger partial charge in [-0.05, 0) is 129 Å². The topological polar surface area (TPSA) is 21.3 Å². The van der Waals surface area contributed by atoms with Crippen LogP contribution in [0.3, 0.4) is 0 Å². The maximum absolute atomic E-state index is 6.59. The SMILES string of the molecule is c1ccc(-c2cc(-c3ccccc3)cc(N(c3ccc(-c4cccc(-n5c6ccccc6c6ccccc65)c4)cc3)c3ccc(-c4cccc5oc6c7ccccc7ccc6c45)cc3)c2)cc1. The van der Waals surface area contributed by atoms with E-state index in [1.165, 1.54) is 38.3 Å². The van der Waals surface area contributed by atoms with Gasteiger partial charge < -0.3 is 13.9 Å². The number of anilines is 3. The Labute approximate surface area is 388 Å². The predicted molar refractivity (Wildman–Crippen MR) is 282 cm³/mol. The quantitative estimate of drug-likeness (QED) is 0.152. The molecule has 0 aliphatic carbocycles. The van der Waals surface area contributed by atoms with Crippen LogP contribution in [-0.4, -0.2) is 4.57 Å². The summed E-state index contributed by atoms with van der Waals surface area (Å²) in [7, 11) is 0. The van der Waals surface area contributed by atoms with E-state index in [0.717, 1.165) is 83.5 Å². The van der Waals surface area contributed by atoms with E-state index < -0.39 is 0 Å². The smallest absolute Gasteiger partial charge is 0.143 e. The molecule has 2 aromatic heterocycles. The van der Waals surface area contributed by atoms with Crippen molar-refractivity contribution in [2.24, 2.45) is 0 Å². The second kappa shape index (κ2) is 16.0. The molecule has 0 N–H and O–H groups in total. The normalized spacial score (nSPS) is 11.6. The summed E-state index contributed by atoms with van der Waals surface area (Å²) in [5, 5.41) is 7.08. The molecular weight excluding hydrogens is 813 g/mol. The number of hydrogen-bond acceptors (Lipinski definition) is 2. The van der Waals surface area contributed by atoms with Crippen molar-refractivity contribution in [3.05, 3.63) is 255 Å². The monoisotopic (exact) mass is 854 g/mol. The van der Waals surface area contributed by atoms with E-state index in [4.69, 9.17) is 4.42 Å². The zero-order valence-corrected chi connectivity index (χ0v) is 36.6. The molecule has 0 unspecified atom stereocenters. The molecule has 0 aliphatic rings. The Balaban J connectivity index is 0.941. The van der Waals surface area contributed by atoms with Crippen molar-refractivity contribution in [3.8, 4) is 50.2 Å². The lowest BCUT2D eigenvalue weighted by Gasteiger charge is -2.27. The molecule has 0 saturated carbocycles. The van der Waals surface area contributed by atoms with Gasteiger partial charge in [0.2, 0.25) is 0 Å². The highest BCUT2D eigenvalue weighted by molar-refractivity contribution is 6.19. The summed E-state index contributed by atoms with van der Waals surface area (Å²) in [6.45, 7) is 0. The van der Waals surface area contributed by atoms with Crippen LogP contribution in [0.25, 0.3) is 105 Å². The fraction of sp³-hybridized carbons (Fsp3) is 0. The third-order valence-corrected chi connectivity index (χ3v) is 13.4. The summed E-state index contributed by atoms with van der Waals surface area (Å²) in [5.41, 5.74) is 17.8. The highest BCUT2D eigenvalue weighted by Gasteiger charge is 2.19. The number of benzene rings is 11. The fourth-order valence-electron chi connectivity index (χ4n) is 10.2. The molecule has 0 fully saturated rings. The average Bonchev–Trinajstić information content (AvgIpc) is 3.96. The molecule has 3 heteroatoms. The molecule has 2 heterocycles. The molecule has 0 aliphatic heterocycles. The van der Waals surface area contributed by atoms with E-state index in [9.17, 15) is 0 Å². The van der Waals surface area contributed by atoms with Gasteiger partial charge in [-0.1, -0.05) is 176 Å². The number of furan rings is 1. The second-order valence-electron chi connectivity index (χ2n) is 17.3. The average molecular weight is 855 g/mol. The van der Waals surface area contributed by atoms with Crippen LogP contribution in [0.5, 0.6) is 0 Å². The van der Waals surface area contributed by atoms with Gasteiger partial charge in [0.1, 0.15) is 11.2 Å². The maximum atomic E-state index is 6.59. The number of fused-ring (bicyclic) bond motifs is 8. The summed E-state index contributed by atoms with van der Waals surface area (Å²) in [6.07, 6.45) is 0. The molecule has 11 aromatic carbocycles. The molecular formula is C64H42N2O. The molecule has 0 saturated heterocycles. The third-order valence-electron chi connectivity index (χ3n) is 13.4. The Morgan fingerprint density at radius 1 is 0.313 bits per heavy atom. The van der Waals surface area contributed by atoms with Crippen LogP contribution < -0.4 is 4.90 Å². The largest absolute Gasteiger partial charge is 0.455 e. The van der Waals surface area contributed by atoms with Crippen molar-refractivity contribution >= 4 is 71.6 Å². The minimum atomic E-state index is 0.890. The van der Waals surface area contributed by atoms with Gasteiger partial charge in [0.05, 0.1) is 11.0 Å². The standard InChI is InChI=1S/C64H42N2O/c1-3-15-43(16-4-1)49-39-50(44-17-5-2-6-18-44)42-54(41-49)65(52-36-31-47(32-37-52)55-25-14-28-62-63(55)59-38-33-46-19-7-8-22-56(46)64(59)67-62)51-34-29-45(30-35-51)48-20-13-21-53(40-48)66-60-26-11-9-23-57(60)58-24-10-12-27-61(58)66/h1-42H. The Morgan fingerprint density at radius 2 is 0.851 bits per heavy atom. The second-order valence-corrected chi connectivity index (χ2v) is 17.3. The lowest BCUT2D eigenvalue weighted by atomic mass is 9.96. The van der Waals surface area contributed by atoms with E-state index in [0.29, 0.717) is 0 Å². The molecule has 13 aromatic rings. The molecule has 67 heavy (non-hydrogen) atoms. The van der Waals surface area contributed by atoms with E-state index in [-0.39, 0.29) is 0 Å². The summed E-state index contributed by atoms with van der Waals surface area (Å²) in [6, 6.07) is 91.9. The van der Waals surface area contributed by atoms with Gasteiger partial charge in [-0.15, -0.1) is 0 Å². The summed E-state index contributed by atoms with van der Waals surface area (Å²) >= 11 is 0. The van der Waals surface area contributed by atoms with Crippen LogP contribution in [0.2, 0.25) is 0 Å². The van der Waals surface area contributed by atoms with E-state index in [1.54, 1.807) is 0 Å². The van der Waals surface area contributed by atoms with Crippen molar-refractivity contribution < 1.29 is 4.42 Å². The molecule has 0 amide bonds. The third kappa shape index (κ3) is 6.67. The van der Waals surface area contributed by atoms with Crippen molar-refractivity contribution in [1.82, 2.24) is 4.57 Å². The predicted octanol–water partition coefficient (Wildman–Crippen LogP) is 18.0. The lowest BCUT2D eigenvalue weighted by Crippen LogP contribution is -2.10. The van der Waals surface area contributed by atoms with Gasteiger partial charge in [0, 0.05) is 49.7 Å². The molecule has 0 atom stereocenters. The zero-order valence-electron chi connectivity index (χ0n) is 36.6. The first-order valence-electron chi connectivity index (χ1n) is 22.9. The molecule has 0 radical (unpaired) electrons. The maximum Gasteiger partial charge on any atom is 0.143 e. The van der Waals surface area contributed by atoms with Gasteiger partial charge in [0.25, 0.3) is 0 Å². The first kappa shape index (κ1) is 38.5. The zero-order chi connectivity index (χ0) is 44.3. The van der Waals surface area contributed by atoms with E-state index in [1.807, 2.05) is 0 Å². The van der Waals surface area contributed by atoms with Gasteiger partial charge in [0.15, 0.2) is 0 Å². The first-order valence-corrected chi connectivity index (χ1v) is 22.9. The van der Waals surface area contributed by atoms with Crippen molar-refractivity contribution in [3.63, 3.8) is 0 Å². The highest BCUT2D eigenvalue weighted by Crippen LogP contribution is 2.44. The van der Waals surface area contributed by atoms with Crippen molar-refractivity contribution in [2.45, 2.75) is 0 Å². The van der Waals surface area contributed by atoms with Crippen LogP contribution in [0.4, 0.5) is 17.1 Å². The number of nitrogens with zero attached hydrogens (tertiary/aromatic N) is 2. The number of hydrogen-bond donors (Lipinski definition) is 0. The number of para-hydroxylation sites is 2. The Bertz CT molecular complexity index is 3850. The first-order chi connectivity index (χ1) is 33.2. The number of rotatable bonds is 8. The highest BCUT2D eigenvalue weighted by atomic mass is 16.3. The minimum absolute atomic E-state index is 0.890. The van der Waals surface area contributed by atoms with Crippen LogP contribution in [0.15, 0.2) is 259 Å². The van der Waals surface area contributed by atoms with Crippen LogP contribution >= 0.6 is 0 Å². The molecule has 13 rings (SSSR count). The van der Waals surface area contributed by atoms with Crippen molar-refractivity contribution in [2.75, 3.05) is 4.90 Å². The molecule has 3 nitrogen and oxygen atoms in total. The Morgan fingerprint density at radius 3 is 1.51 bits per heavy atom. The van der Waals surface area contributed by atoms with Gasteiger partial charge in [-0.2, -0.15) is 0 Å². The lowest BCUT2D eigenvalue weighted by molar-refractivity contribution is 0.673. The summed E-state index contributed by atoms with van der Waals surface area (Å²) in [5.74, 6) is 0. The van der Waals surface area contributed by atoms with Crippen LogP contribution in [-0.2, 0) is 0 Å².